The highest BCUT2D eigenvalue weighted by Crippen LogP contribution is 2.40. The zero-order valence-corrected chi connectivity index (χ0v) is 15.4. The molecule has 0 radical (unpaired) electrons. The fourth-order valence-corrected chi connectivity index (χ4v) is 4.24. The Bertz CT molecular complexity index is 669. The van der Waals surface area contributed by atoms with Gasteiger partial charge in [0.2, 0.25) is 0 Å². The lowest BCUT2D eigenvalue weighted by molar-refractivity contribution is 0.0354. The number of aliphatic hydroxyl groups is 2. The zero-order valence-electron chi connectivity index (χ0n) is 14.4. The summed E-state index contributed by atoms with van der Waals surface area (Å²) in [7, 11) is -1.71. The highest BCUT2D eigenvalue weighted by Gasteiger charge is 2.42. The van der Waals surface area contributed by atoms with Crippen LogP contribution < -0.4 is 0 Å². The number of benzene rings is 1. The molecule has 2 atom stereocenters. The minimum Gasteiger partial charge on any atom is -0.385 e. The van der Waals surface area contributed by atoms with Crippen molar-refractivity contribution in [2.75, 3.05) is 0 Å². The van der Waals surface area contributed by atoms with Crippen molar-refractivity contribution in [2.24, 2.45) is 0 Å². The third-order valence-electron chi connectivity index (χ3n) is 3.95. The minimum atomic E-state index is -1.71. The standard InChI is InChI=1S/C20H26O2Si/c1-5-6-8-13-17(23(2,3)4)18-16(19(21)20(18)22)14-15-11-9-7-10-12-15/h7,9-12,14,19-22H,5-6H2,1-4H3/b16-14-,18-17-/t19-,20+/m1/s1. The molecule has 3 heteroatoms. The molecule has 0 saturated heterocycles. The van der Waals surface area contributed by atoms with Crippen molar-refractivity contribution in [3.8, 4) is 11.8 Å². The van der Waals surface area contributed by atoms with Gasteiger partial charge >= 0.3 is 0 Å². The Morgan fingerprint density at radius 3 is 2.35 bits per heavy atom. The summed E-state index contributed by atoms with van der Waals surface area (Å²) in [6.45, 7) is 8.80. The first kappa shape index (κ1) is 17.7. The largest absolute Gasteiger partial charge is 0.385 e. The van der Waals surface area contributed by atoms with Crippen LogP contribution in [0.2, 0.25) is 19.6 Å². The van der Waals surface area contributed by atoms with E-state index in [9.17, 15) is 10.2 Å². The van der Waals surface area contributed by atoms with E-state index in [2.05, 4.69) is 38.4 Å². The van der Waals surface area contributed by atoms with Crippen LogP contribution in [0.15, 0.2) is 46.7 Å². The number of unbranched alkanes of at least 4 members (excludes halogenated alkanes) is 1. The summed E-state index contributed by atoms with van der Waals surface area (Å²) in [5, 5.41) is 21.6. The number of rotatable bonds is 3. The van der Waals surface area contributed by atoms with Gasteiger partial charge in [0.1, 0.15) is 12.2 Å². The van der Waals surface area contributed by atoms with Gasteiger partial charge in [-0.2, -0.15) is 0 Å². The first-order chi connectivity index (χ1) is 10.9. The summed E-state index contributed by atoms with van der Waals surface area (Å²) in [6.07, 6.45) is 2.22. The van der Waals surface area contributed by atoms with Gasteiger partial charge in [0.05, 0.1) is 8.07 Å². The molecule has 0 bridgehead atoms. The average Bonchev–Trinajstić information content (AvgIpc) is 2.52. The van der Waals surface area contributed by atoms with E-state index in [0.29, 0.717) is 0 Å². The van der Waals surface area contributed by atoms with Gasteiger partial charge in [-0.25, -0.2) is 0 Å². The number of hydrogen-bond acceptors (Lipinski definition) is 2. The molecule has 0 unspecified atom stereocenters. The fraction of sp³-hybridized carbons (Fsp3) is 0.400. The molecule has 122 valence electrons. The topological polar surface area (TPSA) is 40.5 Å². The fourth-order valence-electron chi connectivity index (χ4n) is 2.68. The molecule has 0 heterocycles. The van der Waals surface area contributed by atoms with Crippen molar-refractivity contribution < 1.29 is 10.2 Å². The van der Waals surface area contributed by atoms with E-state index in [1.165, 1.54) is 0 Å². The lowest BCUT2D eigenvalue weighted by Gasteiger charge is -2.39. The average molecular weight is 327 g/mol. The molecule has 1 aliphatic carbocycles. The number of aliphatic hydroxyl groups excluding tert-OH is 2. The zero-order chi connectivity index (χ0) is 17.0. The Balaban J connectivity index is 2.51. The van der Waals surface area contributed by atoms with Crippen LogP contribution >= 0.6 is 0 Å². The van der Waals surface area contributed by atoms with Crippen LogP contribution in [0.4, 0.5) is 0 Å². The van der Waals surface area contributed by atoms with Gasteiger partial charge in [0.15, 0.2) is 0 Å². The van der Waals surface area contributed by atoms with Crippen molar-refractivity contribution in [1.82, 2.24) is 0 Å². The van der Waals surface area contributed by atoms with Crippen molar-refractivity contribution in [3.05, 3.63) is 52.2 Å². The van der Waals surface area contributed by atoms with E-state index >= 15 is 0 Å². The summed E-state index contributed by atoms with van der Waals surface area (Å²) >= 11 is 0. The summed E-state index contributed by atoms with van der Waals surface area (Å²) in [4.78, 5) is 0. The molecular formula is C20H26O2Si. The van der Waals surface area contributed by atoms with Gasteiger partial charge in [-0.3, -0.25) is 0 Å². The van der Waals surface area contributed by atoms with E-state index < -0.39 is 20.3 Å². The summed E-state index contributed by atoms with van der Waals surface area (Å²) in [5.74, 6) is 6.53. The van der Waals surface area contributed by atoms with Crippen LogP contribution in [0.25, 0.3) is 6.08 Å². The molecule has 1 fully saturated rings. The Hall–Kier alpha value is -1.60. The highest BCUT2D eigenvalue weighted by molar-refractivity contribution is 6.84. The molecule has 1 aromatic carbocycles. The molecule has 0 amide bonds. The molecule has 23 heavy (non-hydrogen) atoms. The maximum Gasteiger partial charge on any atom is 0.110 e. The van der Waals surface area contributed by atoms with Crippen LogP contribution in [-0.4, -0.2) is 30.5 Å². The molecule has 2 rings (SSSR count). The van der Waals surface area contributed by atoms with Crippen molar-refractivity contribution in [1.29, 1.82) is 0 Å². The first-order valence-electron chi connectivity index (χ1n) is 8.23. The molecule has 0 spiro atoms. The normalized spacial score (nSPS) is 24.7. The quantitative estimate of drug-likeness (QED) is 0.655. The Labute approximate surface area is 140 Å². The van der Waals surface area contributed by atoms with Gasteiger partial charge < -0.3 is 10.2 Å². The Morgan fingerprint density at radius 1 is 1.13 bits per heavy atom. The van der Waals surface area contributed by atoms with Crippen LogP contribution in [-0.2, 0) is 0 Å². The minimum absolute atomic E-state index is 0.812. The van der Waals surface area contributed by atoms with E-state index in [1.807, 2.05) is 36.4 Å². The van der Waals surface area contributed by atoms with Crippen molar-refractivity contribution in [3.63, 3.8) is 0 Å². The van der Waals surface area contributed by atoms with E-state index in [1.54, 1.807) is 0 Å². The second-order valence-corrected chi connectivity index (χ2v) is 12.0. The lowest BCUT2D eigenvalue weighted by atomic mass is 9.78. The molecule has 1 aromatic rings. The second kappa shape index (κ2) is 7.31. The van der Waals surface area contributed by atoms with Crippen molar-refractivity contribution >= 4 is 14.1 Å². The lowest BCUT2D eigenvalue weighted by Crippen LogP contribution is -2.45. The van der Waals surface area contributed by atoms with Gasteiger partial charge in [0.25, 0.3) is 0 Å². The Kier molecular flexibility index (Phi) is 5.64. The molecule has 1 aliphatic rings. The van der Waals surface area contributed by atoms with Crippen LogP contribution in [0.5, 0.6) is 0 Å². The van der Waals surface area contributed by atoms with Gasteiger partial charge in [-0.15, -0.1) is 0 Å². The van der Waals surface area contributed by atoms with Gasteiger partial charge in [-0.1, -0.05) is 68.7 Å². The van der Waals surface area contributed by atoms with Gasteiger partial charge in [-0.05, 0) is 34.4 Å². The summed E-state index contributed by atoms with van der Waals surface area (Å²) in [6, 6.07) is 9.90. The molecule has 2 N–H and O–H groups in total. The predicted octanol–water partition coefficient (Wildman–Crippen LogP) is 3.78. The monoisotopic (exact) mass is 326 g/mol. The van der Waals surface area contributed by atoms with E-state index in [-0.39, 0.29) is 0 Å². The SMILES string of the molecule is CCCC#C/C(=C1\C(=C\c2ccccc2)[C@@H](O)[C@H]1O)[Si](C)(C)C. The smallest absolute Gasteiger partial charge is 0.110 e. The van der Waals surface area contributed by atoms with E-state index in [0.717, 1.165) is 34.7 Å². The predicted molar refractivity (Wildman–Crippen MR) is 99.5 cm³/mol. The molecule has 0 aliphatic heterocycles. The van der Waals surface area contributed by atoms with Gasteiger partial charge in [0, 0.05) is 6.42 Å². The number of hydrogen-bond donors (Lipinski definition) is 2. The molecule has 0 aromatic heterocycles. The van der Waals surface area contributed by atoms with E-state index in [4.69, 9.17) is 0 Å². The molecule has 2 nitrogen and oxygen atoms in total. The Morgan fingerprint density at radius 2 is 1.78 bits per heavy atom. The molecular weight excluding hydrogens is 300 g/mol. The first-order valence-corrected chi connectivity index (χ1v) is 11.7. The maximum absolute atomic E-state index is 10.3. The third kappa shape index (κ3) is 4.03. The second-order valence-electron chi connectivity index (χ2n) is 6.99. The number of allylic oxidation sites excluding steroid dienone is 1. The summed E-state index contributed by atoms with van der Waals surface area (Å²) in [5.41, 5.74) is 2.69. The maximum atomic E-state index is 10.3. The van der Waals surface area contributed by atoms with Crippen molar-refractivity contribution in [2.45, 2.75) is 51.6 Å². The third-order valence-corrected chi connectivity index (χ3v) is 5.85. The van der Waals surface area contributed by atoms with Crippen LogP contribution in [0.3, 0.4) is 0 Å². The highest BCUT2D eigenvalue weighted by atomic mass is 28.3. The molecule has 1 saturated carbocycles. The van der Waals surface area contributed by atoms with Crippen LogP contribution in [0, 0.1) is 11.8 Å². The van der Waals surface area contributed by atoms with Crippen LogP contribution in [0.1, 0.15) is 25.3 Å². The summed E-state index contributed by atoms with van der Waals surface area (Å²) < 4.78 is 0.